The van der Waals surface area contributed by atoms with Gasteiger partial charge in [0.2, 0.25) is 0 Å². The van der Waals surface area contributed by atoms with Crippen LogP contribution in [0.5, 0.6) is 5.75 Å². The first kappa shape index (κ1) is 25.0. The molecule has 9 heteroatoms. The lowest BCUT2D eigenvalue weighted by molar-refractivity contribution is -0.137. The van der Waals surface area contributed by atoms with Crippen molar-refractivity contribution in [2.45, 2.75) is 19.6 Å². The van der Waals surface area contributed by atoms with Crippen LogP contribution in [0.3, 0.4) is 0 Å². The minimum atomic E-state index is -4.42. The molecular formula is C27H25F3N4O2. The molecule has 3 aromatic carbocycles. The number of hydrogen-bond donors (Lipinski definition) is 3. The summed E-state index contributed by atoms with van der Waals surface area (Å²) in [6.07, 6.45) is -0.972. The molecule has 1 heterocycles. The highest BCUT2D eigenvalue weighted by molar-refractivity contribution is 6.09. The van der Waals surface area contributed by atoms with Crippen LogP contribution in [0.15, 0.2) is 79.1 Å². The molecule has 3 N–H and O–H groups in total. The first-order valence-corrected chi connectivity index (χ1v) is 11.3. The van der Waals surface area contributed by atoms with Gasteiger partial charge in [-0.2, -0.15) is 13.2 Å². The van der Waals surface area contributed by atoms with Gasteiger partial charge in [0.15, 0.2) is 0 Å². The van der Waals surface area contributed by atoms with E-state index in [1.54, 1.807) is 48.8 Å². The normalized spacial score (nSPS) is 11.3. The third-order valence-electron chi connectivity index (χ3n) is 5.51. The Morgan fingerprint density at radius 1 is 1.06 bits per heavy atom. The number of hydrogen-bond acceptors (Lipinski definition) is 4. The fourth-order valence-electron chi connectivity index (χ4n) is 3.77. The number of imidazole rings is 1. The van der Waals surface area contributed by atoms with Gasteiger partial charge in [-0.25, -0.2) is 4.98 Å². The molecule has 0 saturated heterocycles. The Morgan fingerprint density at radius 2 is 1.83 bits per heavy atom. The zero-order valence-corrected chi connectivity index (χ0v) is 19.5. The third kappa shape index (κ3) is 6.31. The molecule has 0 atom stereocenters. The number of H-pyrrole nitrogens is 1. The number of carbonyl (C=O) groups excluding carboxylic acids is 1. The lowest BCUT2D eigenvalue weighted by atomic mass is 9.94. The summed E-state index contributed by atoms with van der Waals surface area (Å²) in [4.78, 5) is 20.3. The second-order valence-electron chi connectivity index (χ2n) is 8.12. The van der Waals surface area contributed by atoms with Gasteiger partial charge in [0.25, 0.3) is 5.91 Å². The van der Waals surface area contributed by atoms with Crippen molar-refractivity contribution in [3.8, 4) is 16.9 Å². The maximum atomic E-state index is 13.2. The Kier molecular flexibility index (Phi) is 7.70. The lowest BCUT2D eigenvalue weighted by Gasteiger charge is -2.15. The average Bonchev–Trinajstić information content (AvgIpc) is 3.37. The molecule has 1 aromatic heterocycles. The fraction of sp³-hybridized carbons (Fsp3) is 0.185. The van der Waals surface area contributed by atoms with Crippen LogP contribution in [0.25, 0.3) is 11.1 Å². The first-order chi connectivity index (χ1) is 17.3. The van der Waals surface area contributed by atoms with E-state index in [4.69, 9.17) is 4.74 Å². The number of aromatic nitrogens is 2. The zero-order valence-electron chi connectivity index (χ0n) is 19.5. The van der Waals surface area contributed by atoms with Crippen molar-refractivity contribution in [2.75, 3.05) is 18.5 Å². The zero-order chi connectivity index (χ0) is 25.5. The largest absolute Gasteiger partial charge is 0.492 e. The fourth-order valence-corrected chi connectivity index (χ4v) is 3.77. The molecular weight excluding hydrogens is 469 g/mol. The highest BCUT2D eigenvalue weighted by Gasteiger charge is 2.30. The molecule has 1 amide bonds. The number of benzene rings is 3. The molecule has 36 heavy (non-hydrogen) atoms. The van der Waals surface area contributed by atoms with E-state index >= 15 is 0 Å². The molecule has 0 fully saturated rings. The van der Waals surface area contributed by atoms with Crippen LogP contribution in [0.2, 0.25) is 0 Å². The number of nitrogens with zero attached hydrogens (tertiary/aromatic N) is 1. The number of aryl methyl sites for hydroxylation is 1. The average molecular weight is 495 g/mol. The van der Waals surface area contributed by atoms with Crippen molar-refractivity contribution in [1.29, 1.82) is 0 Å². The summed E-state index contributed by atoms with van der Waals surface area (Å²) in [6.45, 7) is 3.45. The van der Waals surface area contributed by atoms with Crippen LogP contribution in [-0.2, 0) is 12.7 Å². The number of rotatable bonds is 9. The molecule has 0 unspecified atom stereocenters. The summed E-state index contributed by atoms with van der Waals surface area (Å²) in [5.74, 6) is 1.07. The van der Waals surface area contributed by atoms with Gasteiger partial charge in [0, 0.05) is 36.3 Å². The van der Waals surface area contributed by atoms with Gasteiger partial charge >= 0.3 is 6.18 Å². The van der Waals surface area contributed by atoms with Crippen molar-refractivity contribution in [2.24, 2.45) is 0 Å². The Labute approximate surface area is 206 Å². The minimum Gasteiger partial charge on any atom is -0.492 e. The number of ether oxygens (including phenoxy) is 1. The molecule has 186 valence electrons. The van der Waals surface area contributed by atoms with E-state index in [1.165, 1.54) is 12.1 Å². The molecule has 0 saturated carbocycles. The summed E-state index contributed by atoms with van der Waals surface area (Å²) < 4.78 is 44.7. The number of carbonyl (C=O) groups is 1. The van der Waals surface area contributed by atoms with Crippen molar-refractivity contribution in [1.82, 2.24) is 15.3 Å². The van der Waals surface area contributed by atoms with Crippen LogP contribution >= 0.6 is 0 Å². The second kappa shape index (κ2) is 11.1. The molecule has 0 aliphatic rings. The van der Waals surface area contributed by atoms with E-state index in [0.29, 0.717) is 47.8 Å². The lowest BCUT2D eigenvalue weighted by Crippen LogP contribution is -2.21. The molecule has 4 rings (SSSR count). The second-order valence-corrected chi connectivity index (χ2v) is 8.12. The number of anilines is 1. The number of nitrogens with one attached hydrogen (secondary N) is 3. The SMILES string of the molecule is Cc1cccc(C(=O)Nc2cccc(OCCNCc3ncc[nH]3)c2)c1-c1ccc(C(F)(F)F)cc1. The van der Waals surface area contributed by atoms with Crippen molar-refractivity contribution in [3.05, 3.63) is 102 Å². The molecule has 0 bridgehead atoms. The molecule has 0 spiro atoms. The van der Waals surface area contributed by atoms with Gasteiger partial charge in [-0.3, -0.25) is 4.79 Å². The standard InChI is InChI=1S/C27H25F3N4O2/c1-18-4-2-7-23(25(18)19-8-10-20(11-9-19)27(28,29)30)26(35)34-21-5-3-6-22(16-21)36-15-14-31-17-24-32-12-13-33-24/h2-13,16,31H,14-15,17H2,1H3,(H,32,33)(H,34,35). The maximum Gasteiger partial charge on any atom is 0.416 e. The predicted molar refractivity (Wildman–Crippen MR) is 132 cm³/mol. The summed E-state index contributed by atoms with van der Waals surface area (Å²) in [6, 6.07) is 17.1. The Balaban J connectivity index is 1.42. The molecule has 0 radical (unpaired) electrons. The topological polar surface area (TPSA) is 79.0 Å². The number of alkyl halides is 3. The molecule has 4 aromatic rings. The maximum absolute atomic E-state index is 13.2. The number of halogens is 3. The Morgan fingerprint density at radius 3 is 2.56 bits per heavy atom. The molecule has 0 aliphatic carbocycles. The summed E-state index contributed by atoms with van der Waals surface area (Å²) >= 11 is 0. The van der Waals surface area contributed by atoms with Crippen LogP contribution in [0.4, 0.5) is 18.9 Å². The highest BCUT2D eigenvalue weighted by Crippen LogP contribution is 2.33. The van der Waals surface area contributed by atoms with Crippen LogP contribution in [0, 0.1) is 6.92 Å². The van der Waals surface area contributed by atoms with Crippen LogP contribution in [0.1, 0.15) is 27.3 Å². The van der Waals surface area contributed by atoms with Gasteiger partial charge < -0.3 is 20.4 Å². The first-order valence-electron chi connectivity index (χ1n) is 11.3. The van der Waals surface area contributed by atoms with E-state index < -0.39 is 11.7 Å². The molecule has 6 nitrogen and oxygen atoms in total. The van der Waals surface area contributed by atoms with Crippen molar-refractivity contribution < 1.29 is 22.7 Å². The van der Waals surface area contributed by atoms with Gasteiger partial charge in [-0.15, -0.1) is 0 Å². The van der Waals surface area contributed by atoms with Gasteiger partial charge in [0.1, 0.15) is 18.2 Å². The monoisotopic (exact) mass is 494 g/mol. The van der Waals surface area contributed by atoms with Gasteiger partial charge in [-0.1, -0.05) is 30.3 Å². The Hall–Kier alpha value is -4.11. The highest BCUT2D eigenvalue weighted by atomic mass is 19.4. The summed E-state index contributed by atoms with van der Waals surface area (Å²) in [5.41, 5.74) is 2.06. The Bertz CT molecular complexity index is 1300. The van der Waals surface area contributed by atoms with Crippen molar-refractivity contribution >= 4 is 11.6 Å². The van der Waals surface area contributed by atoms with E-state index in [-0.39, 0.29) is 5.91 Å². The third-order valence-corrected chi connectivity index (χ3v) is 5.51. The summed E-state index contributed by atoms with van der Waals surface area (Å²) in [7, 11) is 0. The van der Waals surface area contributed by atoms with E-state index in [0.717, 1.165) is 23.5 Å². The van der Waals surface area contributed by atoms with E-state index in [2.05, 4.69) is 20.6 Å². The predicted octanol–water partition coefficient (Wildman–Crippen LogP) is 5.82. The number of aromatic amines is 1. The quantitative estimate of drug-likeness (QED) is 0.256. The van der Waals surface area contributed by atoms with Crippen LogP contribution in [-0.4, -0.2) is 29.0 Å². The summed E-state index contributed by atoms with van der Waals surface area (Å²) in [5, 5.41) is 6.08. The van der Waals surface area contributed by atoms with Gasteiger partial charge in [-0.05, 0) is 53.9 Å². The van der Waals surface area contributed by atoms with Crippen molar-refractivity contribution in [3.63, 3.8) is 0 Å². The van der Waals surface area contributed by atoms with E-state index in [1.807, 2.05) is 13.0 Å². The minimum absolute atomic E-state index is 0.364. The van der Waals surface area contributed by atoms with Gasteiger partial charge in [0.05, 0.1) is 12.1 Å². The van der Waals surface area contributed by atoms with Crippen LogP contribution < -0.4 is 15.4 Å². The smallest absolute Gasteiger partial charge is 0.416 e. The molecule has 0 aliphatic heterocycles. The number of amides is 1. The van der Waals surface area contributed by atoms with E-state index in [9.17, 15) is 18.0 Å².